The number of nitrogens with one attached hydrogen (secondary N) is 3. The molecule has 152 valence electrons. The Morgan fingerprint density at radius 3 is 2.48 bits per heavy atom. The fourth-order valence-corrected chi connectivity index (χ4v) is 3.36. The highest BCUT2D eigenvalue weighted by molar-refractivity contribution is 6.07. The molecule has 3 rings (SSSR count). The Morgan fingerprint density at radius 2 is 1.83 bits per heavy atom. The molecule has 0 unspecified atom stereocenters. The van der Waals surface area contributed by atoms with Crippen LogP contribution in [0.15, 0.2) is 59.8 Å². The third kappa shape index (κ3) is 4.59. The van der Waals surface area contributed by atoms with Gasteiger partial charge in [-0.25, -0.2) is 4.79 Å². The molecular formula is C23H27N3O3. The first-order valence-corrected chi connectivity index (χ1v) is 9.82. The van der Waals surface area contributed by atoms with Crippen molar-refractivity contribution in [3.63, 3.8) is 0 Å². The number of para-hydroxylation sites is 2. The number of hydrogen-bond acceptors (Lipinski definition) is 3. The van der Waals surface area contributed by atoms with Crippen LogP contribution < -0.4 is 20.7 Å². The molecule has 3 N–H and O–H groups in total. The maximum Gasteiger partial charge on any atom is 0.319 e. The predicted molar refractivity (Wildman–Crippen MR) is 114 cm³/mol. The van der Waals surface area contributed by atoms with Crippen LogP contribution in [0.5, 0.6) is 5.75 Å². The minimum atomic E-state index is -0.538. The summed E-state index contributed by atoms with van der Waals surface area (Å²) in [5, 5.41) is 8.50. The molecule has 0 saturated carbocycles. The van der Waals surface area contributed by atoms with E-state index >= 15 is 0 Å². The lowest BCUT2D eigenvalue weighted by molar-refractivity contribution is -0.113. The number of amides is 3. The van der Waals surface area contributed by atoms with E-state index in [0.717, 1.165) is 5.56 Å². The van der Waals surface area contributed by atoms with Crippen molar-refractivity contribution in [3.8, 4) is 5.75 Å². The number of urea groups is 1. The summed E-state index contributed by atoms with van der Waals surface area (Å²) in [5.74, 6) is 0.717. The van der Waals surface area contributed by atoms with Crippen molar-refractivity contribution >= 4 is 17.6 Å². The summed E-state index contributed by atoms with van der Waals surface area (Å²) in [6.07, 6.45) is 0. The summed E-state index contributed by atoms with van der Waals surface area (Å²) >= 11 is 0. The monoisotopic (exact) mass is 393 g/mol. The van der Waals surface area contributed by atoms with Crippen LogP contribution in [0.3, 0.4) is 0 Å². The SMILES string of the molecule is CCOc1ccccc1NC(=O)C1=C(C)NC(=O)N[C@H]1c1ccc(C(C)C)cc1. The van der Waals surface area contributed by atoms with E-state index in [1.54, 1.807) is 13.0 Å². The summed E-state index contributed by atoms with van der Waals surface area (Å²) in [5.41, 5.74) is 3.63. The average Bonchev–Trinajstić information content (AvgIpc) is 2.69. The van der Waals surface area contributed by atoms with Crippen molar-refractivity contribution < 1.29 is 14.3 Å². The van der Waals surface area contributed by atoms with E-state index in [0.29, 0.717) is 35.2 Å². The Labute approximate surface area is 171 Å². The second-order valence-corrected chi connectivity index (χ2v) is 7.27. The topological polar surface area (TPSA) is 79.5 Å². The van der Waals surface area contributed by atoms with Gasteiger partial charge in [-0.3, -0.25) is 4.79 Å². The van der Waals surface area contributed by atoms with Crippen molar-refractivity contribution in [1.82, 2.24) is 10.6 Å². The van der Waals surface area contributed by atoms with E-state index < -0.39 is 6.04 Å². The molecule has 0 bridgehead atoms. The summed E-state index contributed by atoms with van der Waals surface area (Å²) in [7, 11) is 0. The summed E-state index contributed by atoms with van der Waals surface area (Å²) < 4.78 is 5.60. The molecule has 1 aliphatic rings. The fraction of sp³-hybridized carbons (Fsp3) is 0.304. The highest BCUT2D eigenvalue weighted by atomic mass is 16.5. The number of benzene rings is 2. The first kappa shape index (κ1) is 20.5. The van der Waals surface area contributed by atoms with Gasteiger partial charge in [0.05, 0.1) is 23.9 Å². The average molecular weight is 393 g/mol. The van der Waals surface area contributed by atoms with Crippen LogP contribution >= 0.6 is 0 Å². The lowest BCUT2D eigenvalue weighted by atomic mass is 9.92. The van der Waals surface area contributed by atoms with Gasteiger partial charge in [-0.05, 0) is 43.0 Å². The van der Waals surface area contributed by atoms with Crippen molar-refractivity contribution in [2.24, 2.45) is 0 Å². The second kappa shape index (κ2) is 8.82. The smallest absolute Gasteiger partial charge is 0.319 e. The lowest BCUT2D eigenvalue weighted by Crippen LogP contribution is -2.46. The first-order chi connectivity index (χ1) is 13.9. The molecule has 1 aliphatic heterocycles. The Bertz CT molecular complexity index is 933. The molecule has 2 aromatic rings. The zero-order valence-corrected chi connectivity index (χ0v) is 17.2. The second-order valence-electron chi connectivity index (χ2n) is 7.27. The van der Waals surface area contributed by atoms with Crippen LogP contribution in [0, 0.1) is 0 Å². The van der Waals surface area contributed by atoms with Crippen LogP contribution in [0.1, 0.15) is 50.8 Å². The molecule has 0 aromatic heterocycles. The molecule has 0 aliphatic carbocycles. The molecule has 0 saturated heterocycles. The van der Waals surface area contributed by atoms with Gasteiger partial charge in [-0.2, -0.15) is 0 Å². The van der Waals surface area contributed by atoms with E-state index in [1.165, 1.54) is 5.56 Å². The van der Waals surface area contributed by atoms with E-state index in [1.807, 2.05) is 49.4 Å². The highest BCUT2D eigenvalue weighted by Crippen LogP contribution is 2.30. The van der Waals surface area contributed by atoms with Gasteiger partial charge in [0.1, 0.15) is 5.75 Å². The van der Waals surface area contributed by atoms with E-state index in [4.69, 9.17) is 4.74 Å². The van der Waals surface area contributed by atoms with Gasteiger partial charge in [-0.1, -0.05) is 50.2 Å². The number of hydrogen-bond donors (Lipinski definition) is 3. The summed E-state index contributed by atoms with van der Waals surface area (Å²) in [6.45, 7) is 8.37. The normalized spacial score (nSPS) is 16.3. The molecule has 1 heterocycles. The molecule has 6 heteroatoms. The largest absolute Gasteiger partial charge is 0.492 e. The van der Waals surface area contributed by atoms with Crippen molar-refractivity contribution in [2.75, 3.05) is 11.9 Å². The predicted octanol–water partition coefficient (Wildman–Crippen LogP) is 4.48. The zero-order valence-electron chi connectivity index (χ0n) is 17.2. The van der Waals surface area contributed by atoms with Crippen molar-refractivity contribution in [1.29, 1.82) is 0 Å². The maximum atomic E-state index is 13.2. The minimum Gasteiger partial charge on any atom is -0.492 e. The zero-order chi connectivity index (χ0) is 21.0. The van der Waals surface area contributed by atoms with Gasteiger partial charge in [0.15, 0.2) is 0 Å². The maximum absolute atomic E-state index is 13.2. The third-order valence-corrected chi connectivity index (χ3v) is 4.89. The molecule has 0 spiro atoms. The molecule has 1 atom stereocenters. The Hall–Kier alpha value is -3.28. The summed E-state index contributed by atoms with van der Waals surface area (Å²) in [4.78, 5) is 25.3. The van der Waals surface area contributed by atoms with Crippen molar-refractivity contribution in [3.05, 3.63) is 70.9 Å². The number of ether oxygens (including phenoxy) is 1. The van der Waals surface area contributed by atoms with Gasteiger partial charge in [-0.15, -0.1) is 0 Å². The lowest BCUT2D eigenvalue weighted by Gasteiger charge is -2.29. The van der Waals surface area contributed by atoms with Gasteiger partial charge in [0.2, 0.25) is 0 Å². The highest BCUT2D eigenvalue weighted by Gasteiger charge is 2.31. The Kier molecular flexibility index (Phi) is 6.22. The number of carbonyl (C=O) groups is 2. The van der Waals surface area contributed by atoms with E-state index in [2.05, 4.69) is 29.8 Å². The molecule has 0 fully saturated rings. The molecule has 2 aromatic carbocycles. The minimum absolute atomic E-state index is 0.292. The van der Waals surface area contributed by atoms with Crippen LogP contribution in [-0.2, 0) is 4.79 Å². The molecular weight excluding hydrogens is 366 g/mol. The fourth-order valence-electron chi connectivity index (χ4n) is 3.36. The summed E-state index contributed by atoms with van der Waals surface area (Å²) in [6, 6.07) is 14.4. The van der Waals surface area contributed by atoms with Crippen LogP contribution in [0.4, 0.5) is 10.5 Å². The van der Waals surface area contributed by atoms with Crippen LogP contribution in [0.2, 0.25) is 0 Å². The number of carbonyl (C=O) groups excluding carboxylic acids is 2. The molecule has 29 heavy (non-hydrogen) atoms. The number of anilines is 1. The van der Waals surface area contributed by atoms with Crippen LogP contribution in [0.25, 0.3) is 0 Å². The van der Waals surface area contributed by atoms with Crippen molar-refractivity contribution in [2.45, 2.75) is 39.7 Å². The van der Waals surface area contributed by atoms with Gasteiger partial charge < -0.3 is 20.7 Å². The van der Waals surface area contributed by atoms with Crippen LogP contribution in [-0.4, -0.2) is 18.5 Å². The van der Waals surface area contributed by atoms with Gasteiger partial charge in [0, 0.05) is 5.70 Å². The van der Waals surface area contributed by atoms with Gasteiger partial charge in [0.25, 0.3) is 5.91 Å². The van der Waals surface area contributed by atoms with Gasteiger partial charge >= 0.3 is 6.03 Å². The Balaban J connectivity index is 1.92. The van der Waals surface area contributed by atoms with E-state index in [9.17, 15) is 9.59 Å². The number of rotatable bonds is 6. The molecule has 6 nitrogen and oxygen atoms in total. The first-order valence-electron chi connectivity index (χ1n) is 9.82. The Morgan fingerprint density at radius 1 is 1.14 bits per heavy atom. The standard InChI is InChI=1S/C23H27N3O3/c1-5-29-19-9-7-6-8-18(19)25-22(27)20-15(4)24-23(28)26-21(20)17-12-10-16(11-13-17)14(2)3/h6-14,21H,5H2,1-4H3,(H,25,27)(H2,24,26,28)/t21-/m0/s1. The molecule has 3 amide bonds. The number of allylic oxidation sites excluding steroid dienone is 1. The van der Waals surface area contributed by atoms with E-state index in [-0.39, 0.29) is 11.9 Å². The quantitative estimate of drug-likeness (QED) is 0.677. The molecule has 0 radical (unpaired) electrons. The third-order valence-electron chi connectivity index (χ3n) is 4.89.